The van der Waals surface area contributed by atoms with Gasteiger partial charge in [-0.15, -0.1) is 5.10 Å². The fraction of sp³-hybridized carbons (Fsp3) is 0.167. The predicted octanol–water partition coefficient (Wildman–Crippen LogP) is -0.0993. The molecule has 0 saturated carbocycles. The molecule has 1 aliphatic heterocycles. The number of nitrogen functional groups attached to an aromatic ring is 1. The zero-order valence-corrected chi connectivity index (χ0v) is 12.6. The van der Waals surface area contributed by atoms with Crippen molar-refractivity contribution in [2.24, 2.45) is 0 Å². The fourth-order valence-electron chi connectivity index (χ4n) is 2.11. The van der Waals surface area contributed by atoms with Crippen molar-refractivity contribution in [1.29, 1.82) is 0 Å². The van der Waals surface area contributed by atoms with E-state index in [1.54, 1.807) is 18.2 Å². The molecule has 0 radical (unpaired) electrons. The highest BCUT2D eigenvalue weighted by Gasteiger charge is 2.19. The normalized spacial score (nSPS) is 13.6. The molecule has 10 nitrogen and oxygen atoms in total. The van der Waals surface area contributed by atoms with Crippen LogP contribution in [0.15, 0.2) is 23.4 Å². The molecule has 118 valence electrons. The van der Waals surface area contributed by atoms with Crippen LogP contribution in [-0.4, -0.2) is 46.0 Å². The summed E-state index contributed by atoms with van der Waals surface area (Å²) >= 11 is 0. The quantitative estimate of drug-likeness (QED) is 0.681. The number of rotatable bonds is 2. The monoisotopic (exact) mass is 334 g/mol. The SMILES string of the molecule is CS(=O)(=O)c1nc(N)n2nc(-c3ccc4c(c3)OCO4)nc2n1. The number of sulfone groups is 1. The van der Waals surface area contributed by atoms with Crippen LogP contribution in [0.1, 0.15) is 0 Å². The molecule has 0 spiro atoms. The molecule has 0 aliphatic carbocycles. The molecule has 1 aliphatic rings. The highest BCUT2D eigenvalue weighted by molar-refractivity contribution is 7.90. The fourth-order valence-corrected chi connectivity index (χ4v) is 2.62. The topological polar surface area (TPSA) is 135 Å². The maximum Gasteiger partial charge on any atom is 0.258 e. The summed E-state index contributed by atoms with van der Waals surface area (Å²) in [6.07, 6.45) is 0.993. The average molecular weight is 334 g/mol. The Morgan fingerprint density at radius 1 is 1.17 bits per heavy atom. The summed E-state index contributed by atoms with van der Waals surface area (Å²) in [7, 11) is -3.60. The molecule has 3 heterocycles. The molecule has 0 amide bonds. The first-order chi connectivity index (χ1) is 10.9. The van der Waals surface area contributed by atoms with Gasteiger partial charge in [-0.2, -0.15) is 19.5 Å². The van der Waals surface area contributed by atoms with Crippen molar-refractivity contribution >= 4 is 21.6 Å². The van der Waals surface area contributed by atoms with Gasteiger partial charge in [0.1, 0.15) is 0 Å². The third kappa shape index (κ3) is 2.21. The first-order valence-corrected chi connectivity index (χ1v) is 8.31. The number of anilines is 1. The van der Waals surface area contributed by atoms with Gasteiger partial charge < -0.3 is 15.2 Å². The standard InChI is InChI=1S/C12H10N6O4S/c1-23(19,20)12-15-10(13)18-11(16-12)14-9(17-18)6-2-3-7-8(4-6)22-5-21-7/h2-4H,5H2,1H3,(H2,13,14,15,16,17). The molecule has 0 atom stereocenters. The van der Waals surface area contributed by atoms with Crippen molar-refractivity contribution in [2.45, 2.75) is 5.16 Å². The van der Waals surface area contributed by atoms with Gasteiger partial charge in [0.2, 0.25) is 22.6 Å². The van der Waals surface area contributed by atoms with E-state index in [0.29, 0.717) is 22.9 Å². The van der Waals surface area contributed by atoms with Crippen molar-refractivity contribution in [3.8, 4) is 22.9 Å². The van der Waals surface area contributed by atoms with E-state index in [9.17, 15) is 8.42 Å². The Morgan fingerprint density at radius 2 is 1.96 bits per heavy atom. The second-order valence-corrected chi connectivity index (χ2v) is 6.76. The van der Waals surface area contributed by atoms with Gasteiger partial charge in [0.15, 0.2) is 17.3 Å². The zero-order chi connectivity index (χ0) is 16.2. The van der Waals surface area contributed by atoms with Gasteiger partial charge >= 0.3 is 0 Å². The molecule has 0 fully saturated rings. The largest absolute Gasteiger partial charge is 0.454 e. The Hall–Kier alpha value is -2.95. The van der Waals surface area contributed by atoms with Crippen LogP contribution >= 0.6 is 0 Å². The second-order valence-electron chi connectivity index (χ2n) is 4.85. The lowest BCUT2D eigenvalue weighted by Gasteiger charge is -1.99. The van der Waals surface area contributed by atoms with Gasteiger partial charge in [-0.05, 0) is 18.2 Å². The minimum absolute atomic E-state index is 0.0468. The Bertz CT molecular complexity index is 1050. The summed E-state index contributed by atoms with van der Waals surface area (Å²) in [6.45, 7) is 0.160. The predicted molar refractivity (Wildman–Crippen MR) is 77.7 cm³/mol. The average Bonchev–Trinajstić information content (AvgIpc) is 3.11. The van der Waals surface area contributed by atoms with Crippen LogP contribution < -0.4 is 15.2 Å². The van der Waals surface area contributed by atoms with Crippen LogP contribution in [-0.2, 0) is 9.84 Å². The van der Waals surface area contributed by atoms with E-state index in [2.05, 4.69) is 20.1 Å². The maximum absolute atomic E-state index is 11.6. The number of nitrogens with two attached hydrogens (primary N) is 1. The molecule has 0 bridgehead atoms. The summed E-state index contributed by atoms with van der Waals surface area (Å²) in [6, 6.07) is 5.21. The van der Waals surface area contributed by atoms with Crippen LogP contribution in [0.25, 0.3) is 17.2 Å². The molecular weight excluding hydrogens is 324 g/mol. The van der Waals surface area contributed by atoms with E-state index in [1.165, 1.54) is 4.52 Å². The summed E-state index contributed by atoms with van der Waals surface area (Å²) in [5.41, 5.74) is 6.39. The Kier molecular flexibility index (Phi) is 2.69. The number of hydrogen-bond acceptors (Lipinski definition) is 9. The van der Waals surface area contributed by atoms with Crippen molar-refractivity contribution < 1.29 is 17.9 Å². The molecule has 2 aromatic heterocycles. The van der Waals surface area contributed by atoms with Crippen molar-refractivity contribution in [3.05, 3.63) is 18.2 Å². The summed E-state index contributed by atoms with van der Waals surface area (Å²) in [5.74, 6) is 1.46. The summed E-state index contributed by atoms with van der Waals surface area (Å²) in [4.78, 5) is 11.8. The highest BCUT2D eigenvalue weighted by atomic mass is 32.2. The minimum Gasteiger partial charge on any atom is -0.454 e. The van der Waals surface area contributed by atoms with E-state index < -0.39 is 15.0 Å². The number of nitrogens with zero attached hydrogens (tertiary/aromatic N) is 5. The van der Waals surface area contributed by atoms with Crippen LogP contribution in [0.3, 0.4) is 0 Å². The van der Waals surface area contributed by atoms with E-state index in [1.807, 2.05) is 0 Å². The lowest BCUT2D eigenvalue weighted by atomic mass is 10.2. The summed E-state index contributed by atoms with van der Waals surface area (Å²) in [5, 5.41) is 3.80. The summed E-state index contributed by atoms with van der Waals surface area (Å²) < 4.78 is 34.9. The number of benzene rings is 1. The van der Waals surface area contributed by atoms with Gasteiger partial charge in [0, 0.05) is 11.8 Å². The van der Waals surface area contributed by atoms with Gasteiger partial charge in [0.05, 0.1) is 0 Å². The lowest BCUT2D eigenvalue weighted by Crippen LogP contribution is -2.11. The molecule has 2 N–H and O–H groups in total. The molecule has 1 aromatic carbocycles. The van der Waals surface area contributed by atoms with Crippen molar-refractivity contribution in [1.82, 2.24) is 24.6 Å². The number of aromatic nitrogens is 5. The lowest BCUT2D eigenvalue weighted by molar-refractivity contribution is 0.174. The first kappa shape index (κ1) is 13.7. The third-order valence-electron chi connectivity index (χ3n) is 3.18. The van der Waals surface area contributed by atoms with Gasteiger partial charge in [-0.1, -0.05) is 0 Å². The van der Waals surface area contributed by atoms with Crippen molar-refractivity contribution in [3.63, 3.8) is 0 Å². The van der Waals surface area contributed by atoms with E-state index in [-0.39, 0.29) is 18.5 Å². The Labute approximate surface area is 129 Å². The van der Waals surface area contributed by atoms with E-state index >= 15 is 0 Å². The van der Waals surface area contributed by atoms with Gasteiger partial charge in [0.25, 0.3) is 10.9 Å². The van der Waals surface area contributed by atoms with Crippen molar-refractivity contribution in [2.75, 3.05) is 18.8 Å². The maximum atomic E-state index is 11.6. The van der Waals surface area contributed by atoms with E-state index in [4.69, 9.17) is 15.2 Å². The molecular formula is C12H10N6O4S. The number of ether oxygens (including phenoxy) is 2. The van der Waals surface area contributed by atoms with Crippen LogP contribution in [0.4, 0.5) is 5.95 Å². The second kappa shape index (κ2) is 4.52. The third-order valence-corrected chi connectivity index (χ3v) is 4.02. The molecule has 3 aromatic rings. The number of fused-ring (bicyclic) bond motifs is 2. The van der Waals surface area contributed by atoms with Gasteiger partial charge in [-0.3, -0.25) is 0 Å². The van der Waals surface area contributed by atoms with E-state index in [0.717, 1.165) is 6.26 Å². The van der Waals surface area contributed by atoms with Crippen LogP contribution in [0.2, 0.25) is 0 Å². The van der Waals surface area contributed by atoms with Crippen LogP contribution in [0, 0.1) is 0 Å². The van der Waals surface area contributed by atoms with Crippen LogP contribution in [0.5, 0.6) is 11.5 Å². The zero-order valence-electron chi connectivity index (χ0n) is 11.8. The Balaban J connectivity index is 1.87. The molecule has 11 heteroatoms. The minimum atomic E-state index is -3.60. The molecule has 0 unspecified atom stereocenters. The first-order valence-electron chi connectivity index (χ1n) is 6.42. The highest BCUT2D eigenvalue weighted by Crippen LogP contribution is 2.35. The molecule has 4 rings (SSSR count). The Morgan fingerprint density at radius 3 is 2.74 bits per heavy atom. The smallest absolute Gasteiger partial charge is 0.258 e. The molecule has 23 heavy (non-hydrogen) atoms. The molecule has 0 saturated heterocycles. The number of hydrogen-bond donors (Lipinski definition) is 1. The van der Waals surface area contributed by atoms with Gasteiger partial charge in [-0.25, -0.2) is 8.42 Å².